The van der Waals surface area contributed by atoms with Crippen molar-refractivity contribution in [3.8, 4) is 11.5 Å². The minimum Gasteiger partial charge on any atom is -0.493 e. The van der Waals surface area contributed by atoms with Gasteiger partial charge in [-0.2, -0.15) is 0 Å². The van der Waals surface area contributed by atoms with Crippen LogP contribution in [0.2, 0.25) is 0 Å². The summed E-state index contributed by atoms with van der Waals surface area (Å²) >= 11 is 0. The number of rotatable bonds is 6. The highest BCUT2D eigenvalue weighted by molar-refractivity contribution is 5.98. The number of aromatic amines is 1. The van der Waals surface area contributed by atoms with E-state index in [1.54, 1.807) is 14.2 Å². The highest BCUT2D eigenvalue weighted by Crippen LogP contribution is 2.44. The Morgan fingerprint density at radius 2 is 1.71 bits per heavy atom. The van der Waals surface area contributed by atoms with E-state index in [1.165, 1.54) is 5.56 Å². The average molecular weight is 551 g/mol. The Morgan fingerprint density at radius 1 is 0.927 bits per heavy atom. The van der Waals surface area contributed by atoms with Gasteiger partial charge in [0.1, 0.15) is 12.6 Å². The van der Waals surface area contributed by atoms with E-state index in [4.69, 9.17) is 9.47 Å². The van der Waals surface area contributed by atoms with Crippen molar-refractivity contribution in [3.05, 3.63) is 95.2 Å². The minimum atomic E-state index is -0.566. The normalized spacial score (nSPS) is 22.6. The molecule has 3 aromatic carbocycles. The monoisotopic (exact) mass is 550 g/mol. The molecule has 8 nitrogen and oxygen atoms in total. The van der Waals surface area contributed by atoms with Crippen LogP contribution in [0.4, 0.5) is 0 Å². The lowest BCUT2D eigenvalue weighted by Gasteiger charge is -2.48. The van der Waals surface area contributed by atoms with Gasteiger partial charge >= 0.3 is 0 Å². The molecular weight excluding hydrogens is 516 g/mol. The molecule has 4 aromatic rings. The highest BCUT2D eigenvalue weighted by Gasteiger charge is 2.50. The largest absolute Gasteiger partial charge is 0.493 e. The van der Waals surface area contributed by atoms with Gasteiger partial charge in [-0.3, -0.25) is 14.5 Å². The van der Waals surface area contributed by atoms with Crippen molar-refractivity contribution in [2.75, 3.05) is 33.9 Å². The Morgan fingerprint density at radius 3 is 2.51 bits per heavy atom. The smallest absolute Gasteiger partial charge is 0.246 e. The summed E-state index contributed by atoms with van der Waals surface area (Å²) in [6.07, 6.45) is 1.36. The third kappa shape index (κ3) is 4.34. The number of para-hydroxylation sites is 1. The molecule has 210 valence electrons. The van der Waals surface area contributed by atoms with Gasteiger partial charge in [0.25, 0.3) is 0 Å². The van der Waals surface area contributed by atoms with E-state index < -0.39 is 12.1 Å². The molecule has 0 bridgehead atoms. The van der Waals surface area contributed by atoms with E-state index in [2.05, 4.69) is 40.2 Å². The highest BCUT2D eigenvalue weighted by atomic mass is 16.5. The van der Waals surface area contributed by atoms with Crippen LogP contribution in [-0.4, -0.2) is 77.4 Å². The number of carbonyl (C=O) groups is 2. The van der Waals surface area contributed by atoms with Crippen molar-refractivity contribution < 1.29 is 19.1 Å². The number of hydrogen-bond donors (Lipinski definition) is 1. The van der Waals surface area contributed by atoms with Gasteiger partial charge in [-0.05, 0) is 41.3 Å². The zero-order valence-electron chi connectivity index (χ0n) is 23.4. The molecule has 0 radical (unpaired) electrons. The molecule has 8 heteroatoms. The second kappa shape index (κ2) is 10.3. The molecule has 1 aromatic heterocycles. The molecule has 41 heavy (non-hydrogen) atoms. The SMILES string of the molecule is COc1ccc([C@H]2c3[nH]c4ccccc4c3C[C@@H]3C(=O)N([C@@H]4CCN(Cc5ccccc5)C4)CC(=O)N23)cc1OC. The number of fused-ring (bicyclic) bond motifs is 4. The van der Waals surface area contributed by atoms with Crippen LogP contribution in [0.3, 0.4) is 0 Å². The quantitative estimate of drug-likeness (QED) is 0.391. The fourth-order valence-corrected chi connectivity index (χ4v) is 7.02. The van der Waals surface area contributed by atoms with Gasteiger partial charge in [-0.1, -0.05) is 54.6 Å². The van der Waals surface area contributed by atoms with Crippen LogP contribution in [0.15, 0.2) is 72.8 Å². The first-order chi connectivity index (χ1) is 20.1. The molecule has 7 rings (SSSR count). The second-order valence-electron chi connectivity index (χ2n) is 11.2. The third-order valence-corrected chi connectivity index (χ3v) is 8.95. The van der Waals surface area contributed by atoms with Crippen LogP contribution in [0.5, 0.6) is 11.5 Å². The topological polar surface area (TPSA) is 78.1 Å². The number of nitrogens with zero attached hydrogens (tertiary/aromatic N) is 3. The summed E-state index contributed by atoms with van der Waals surface area (Å²) in [5.41, 5.74) is 5.20. The fraction of sp³-hybridized carbons (Fsp3) is 0.333. The number of carbonyl (C=O) groups excluding carboxylic acids is 2. The number of H-pyrrole nitrogens is 1. The number of likely N-dealkylation sites (tertiary alicyclic amines) is 1. The molecule has 2 fully saturated rings. The molecule has 0 saturated carbocycles. The zero-order valence-corrected chi connectivity index (χ0v) is 23.4. The Bertz CT molecular complexity index is 1620. The first-order valence-corrected chi connectivity index (χ1v) is 14.2. The van der Waals surface area contributed by atoms with Gasteiger partial charge in [0, 0.05) is 48.7 Å². The molecule has 0 unspecified atom stereocenters. The van der Waals surface area contributed by atoms with Crippen molar-refractivity contribution in [1.82, 2.24) is 19.7 Å². The number of piperazine rings is 1. The molecule has 0 aliphatic carbocycles. The molecule has 0 spiro atoms. The number of methoxy groups -OCH3 is 2. The fourth-order valence-electron chi connectivity index (χ4n) is 7.02. The van der Waals surface area contributed by atoms with Gasteiger partial charge in [0.05, 0.1) is 20.3 Å². The van der Waals surface area contributed by atoms with E-state index in [0.29, 0.717) is 17.9 Å². The Balaban J connectivity index is 1.24. The van der Waals surface area contributed by atoms with Crippen molar-refractivity contribution in [1.29, 1.82) is 0 Å². The predicted octanol–water partition coefficient (Wildman–Crippen LogP) is 4.14. The predicted molar refractivity (Wildman–Crippen MR) is 156 cm³/mol. The summed E-state index contributed by atoms with van der Waals surface area (Å²) < 4.78 is 11.1. The van der Waals surface area contributed by atoms with Gasteiger partial charge < -0.3 is 24.3 Å². The molecule has 1 N–H and O–H groups in total. The number of benzene rings is 3. The van der Waals surface area contributed by atoms with Crippen molar-refractivity contribution in [3.63, 3.8) is 0 Å². The van der Waals surface area contributed by atoms with Crippen LogP contribution < -0.4 is 9.47 Å². The van der Waals surface area contributed by atoms with Crippen LogP contribution in [0.25, 0.3) is 10.9 Å². The number of nitrogens with one attached hydrogen (secondary N) is 1. The number of amides is 2. The molecule has 2 saturated heterocycles. The molecule has 3 aliphatic heterocycles. The Labute approximate surface area is 239 Å². The van der Waals surface area contributed by atoms with E-state index in [0.717, 1.165) is 53.8 Å². The lowest BCUT2D eigenvalue weighted by molar-refractivity contribution is -0.160. The van der Waals surface area contributed by atoms with E-state index in [1.807, 2.05) is 52.3 Å². The van der Waals surface area contributed by atoms with Crippen molar-refractivity contribution in [2.24, 2.45) is 0 Å². The Kier molecular flexibility index (Phi) is 6.43. The molecular formula is C33H34N4O4. The summed E-state index contributed by atoms with van der Waals surface area (Å²) in [4.78, 5) is 38.0. The number of hydrogen-bond acceptors (Lipinski definition) is 5. The maximum atomic E-state index is 14.3. The maximum absolute atomic E-state index is 14.3. The van der Waals surface area contributed by atoms with E-state index in [-0.39, 0.29) is 24.4 Å². The van der Waals surface area contributed by atoms with E-state index in [9.17, 15) is 9.59 Å². The van der Waals surface area contributed by atoms with Gasteiger partial charge in [0.15, 0.2) is 11.5 Å². The standard InChI is InChI=1S/C33H34N4O4/c1-40-28-13-12-22(16-29(28)41-2)32-31-25(24-10-6-7-11-26(24)34-31)17-27-33(39)36(20-30(38)37(27)32)23-14-15-35(19-23)18-21-8-4-3-5-9-21/h3-13,16,23,27,32,34H,14-15,17-20H2,1-2H3/t23-,27-,32+/m1/s1. The van der Waals surface area contributed by atoms with Gasteiger partial charge in [-0.15, -0.1) is 0 Å². The van der Waals surface area contributed by atoms with Crippen molar-refractivity contribution >= 4 is 22.7 Å². The molecule has 3 aliphatic rings. The molecule has 2 amide bonds. The lowest BCUT2D eigenvalue weighted by Crippen LogP contribution is -2.65. The molecule has 3 atom stereocenters. The van der Waals surface area contributed by atoms with Gasteiger partial charge in [-0.25, -0.2) is 0 Å². The first-order valence-electron chi connectivity index (χ1n) is 14.2. The van der Waals surface area contributed by atoms with Crippen LogP contribution in [0, 0.1) is 0 Å². The minimum absolute atomic E-state index is 0.0276. The number of ether oxygens (including phenoxy) is 2. The van der Waals surface area contributed by atoms with Gasteiger partial charge in [0.2, 0.25) is 11.8 Å². The molecule has 4 heterocycles. The zero-order chi connectivity index (χ0) is 28.1. The van der Waals surface area contributed by atoms with Crippen LogP contribution in [-0.2, 0) is 22.6 Å². The summed E-state index contributed by atoms with van der Waals surface area (Å²) in [5.74, 6) is 1.22. The van der Waals surface area contributed by atoms with Crippen molar-refractivity contribution in [2.45, 2.75) is 37.5 Å². The maximum Gasteiger partial charge on any atom is 0.246 e. The average Bonchev–Trinajstić information content (AvgIpc) is 3.62. The summed E-state index contributed by atoms with van der Waals surface area (Å²) in [6, 6.07) is 23.4. The first kappa shape index (κ1) is 25.7. The van der Waals surface area contributed by atoms with Crippen LogP contribution >= 0.6 is 0 Å². The lowest BCUT2D eigenvalue weighted by atomic mass is 9.85. The number of aromatic nitrogens is 1. The van der Waals surface area contributed by atoms with E-state index >= 15 is 0 Å². The third-order valence-electron chi connectivity index (χ3n) is 8.95. The summed E-state index contributed by atoms with van der Waals surface area (Å²) in [7, 11) is 3.21. The summed E-state index contributed by atoms with van der Waals surface area (Å²) in [5, 5.41) is 1.10. The Hall–Kier alpha value is -4.30. The second-order valence-corrected chi connectivity index (χ2v) is 11.2. The summed E-state index contributed by atoms with van der Waals surface area (Å²) in [6.45, 7) is 2.63. The van der Waals surface area contributed by atoms with Crippen LogP contribution in [0.1, 0.15) is 34.8 Å².